The summed E-state index contributed by atoms with van der Waals surface area (Å²) in [6.45, 7) is -0.0884. The minimum absolute atomic E-state index is 0.0884. The fourth-order valence-corrected chi connectivity index (χ4v) is 1.76. The third-order valence-electron chi connectivity index (χ3n) is 2.53. The molecule has 0 spiro atoms. The van der Waals surface area contributed by atoms with Crippen molar-refractivity contribution < 1.29 is 5.11 Å². The van der Waals surface area contributed by atoms with Crippen LogP contribution in [0.15, 0.2) is 42.5 Å². The van der Waals surface area contributed by atoms with E-state index >= 15 is 0 Å². The lowest BCUT2D eigenvalue weighted by Gasteiger charge is -2.01. The van der Waals surface area contributed by atoms with Gasteiger partial charge in [0.15, 0.2) is 0 Å². The van der Waals surface area contributed by atoms with Crippen molar-refractivity contribution in [3.63, 3.8) is 0 Å². The van der Waals surface area contributed by atoms with E-state index in [4.69, 9.17) is 17.3 Å². The Kier molecular flexibility index (Phi) is 3.88. The number of anilines is 1. The van der Waals surface area contributed by atoms with Crippen molar-refractivity contribution in [3.8, 4) is 11.8 Å². The van der Waals surface area contributed by atoms with Crippen LogP contribution in [0.1, 0.15) is 16.7 Å². The van der Waals surface area contributed by atoms with Crippen molar-refractivity contribution in [2.75, 3.05) is 5.73 Å². The second kappa shape index (κ2) is 5.59. The summed E-state index contributed by atoms with van der Waals surface area (Å²) in [5.74, 6) is 5.99. The van der Waals surface area contributed by atoms with Crippen LogP contribution < -0.4 is 5.73 Å². The normalized spacial score (nSPS) is 9.67. The van der Waals surface area contributed by atoms with E-state index in [1.807, 2.05) is 18.2 Å². The molecule has 0 aliphatic carbocycles. The zero-order valence-electron chi connectivity index (χ0n) is 9.65. The fourth-order valence-electron chi connectivity index (χ4n) is 1.56. The van der Waals surface area contributed by atoms with Gasteiger partial charge in [-0.15, -0.1) is 0 Å². The number of para-hydroxylation sites is 1. The molecule has 3 heteroatoms. The van der Waals surface area contributed by atoms with Gasteiger partial charge < -0.3 is 10.8 Å². The molecule has 2 aromatic carbocycles. The first-order valence-electron chi connectivity index (χ1n) is 5.46. The van der Waals surface area contributed by atoms with Gasteiger partial charge in [-0.25, -0.2) is 0 Å². The zero-order chi connectivity index (χ0) is 13.0. The zero-order valence-corrected chi connectivity index (χ0v) is 10.4. The molecule has 0 saturated heterocycles. The smallest absolute Gasteiger partial charge is 0.0694 e. The molecule has 0 aliphatic rings. The van der Waals surface area contributed by atoms with E-state index in [0.29, 0.717) is 16.3 Å². The van der Waals surface area contributed by atoms with Crippen LogP contribution >= 0.6 is 11.6 Å². The van der Waals surface area contributed by atoms with Gasteiger partial charge in [0.2, 0.25) is 0 Å². The van der Waals surface area contributed by atoms with Crippen molar-refractivity contribution >= 4 is 17.3 Å². The Morgan fingerprint density at radius 2 is 1.78 bits per heavy atom. The van der Waals surface area contributed by atoms with E-state index < -0.39 is 0 Å². The second-order valence-electron chi connectivity index (χ2n) is 3.80. The highest BCUT2D eigenvalue weighted by molar-refractivity contribution is 6.30. The maximum atomic E-state index is 9.24. The molecule has 18 heavy (non-hydrogen) atoms. The molecule has 2 rings (SSSR count). The van der Waals surface area contributed by atoms with Crippen LogP contribution in [-0.2, 0) is 6.61 Å². The molecule has 90 valence electrons. The van der Waals surface area contributed by atoms with Crippen LogP contribution in [-0.4, -0.2) is 5.11 Å². The van der Waals surface area contributed by atoms with Gasteiger partial charge >= 0.3 is 0 Å². The van der Waals surface area contributed by atoms with E-state index in [1.54, 1.807) is 24.3 Å². The first-order valence-corrected chi connectivity index (χ1v) is 5.84. The lowest BCUT2D eigenvalue weighted by Crippen LogP contribution is -1.91. The molecule has 0 aliphatic heterocycles. The number of nitrogen functional groups attached to an aromatic ring is 1. The maximum absolute atomic E-state index is 9.24. The van der Waals surface area contributed by atoms with Gasteiger partial charge in [0, 0.05) is 21.8 Å². The van der Waals surface area contributed by atoms with Crippen molar-refractivity contribution in [2.45, 2.75) is 6.61 Å². The van der Waals surface area contributed by atoms with Crippen molar-refractivity contribution in [1.82, 2.24) is 0 Å². The van der Waals surface area contributed by atoms with E-state index in [-0.39, 0.29) is 6.61 Å². The molecule has 0 atom stereocenters. The predicted molar refractivity (Wildman–Crippen MR) is 74.2 cm³/mol. The molecule has 2 nitrogen and oxygen atoms in total. The Balaban J connectivity index is 2.39. The average molecular weight is 258 g/mol. The molecule has 2 aromatic rings. The van der Waals surface area contributed by atoms with Gasteiger partial charge in [-0.2, -0.15) is 0 Å². The first kappa shape index (κ1) is 12.5. The number of halogens is 1. The minimum Gasteiger partial charge on any atom is -0.398 e. The molecule has 3 N–H and O–H groups in total. The highest BCUT2D eigenvalue weighted by Gasteiger charge is 2.00. The van der Waals surface area contributed by atoms with Gasteiger partial charge in [-0.1, -0.05) is 35.6 Å². The van der Waals surface area contributed by atoms with Crippen molar-refractivity contribution in [1.29, 1.82) is 0 Å². The third kappa shape index (κ3) is 2.84. The third-order valence-corrected chi connectivity index (χ3v) is 2.77. The molecular weight excluding hydrogens is 246 g/mol. The molecule has 0 saturated carbocycles. The van der Waals surface area contributed by atoms with Crippen LogP contribution in [0, 0.1) is 11.8 Å². The largest absolute Gasteiger partial charge is 0.398 e. The SMILES string of the molecule is Nc1ccccc1C#Cc1ccc(Cl)cc1CO. The molecule has 0 bridgehead atoms. The summed E-state index contributed by atoms with van der Waals surface area (Å²) >= 11 is 5.86. The summed E-state index contributed by atoms with van der Waals surface area (Å²) in [4.78, 5) is 0. The lowest BCUT2D eigenvalue weighted by atomic mass is 10.1. The number of benzene rings is 2. The summed E-state index contributed by atoms with van der Waals surface area (Å²) in [5.41, 5.74) is 8.69. The van der Waals surface area contributed by atoms with Crippen molar-refractivity contribution in [2.24, 2.45) is 0 Å². The summed E-state index contributed by atoms with van der Waals surface area (Å²) in [7, 11) is 0. The van der Waals surface area contributed by atoms with Crippen LogP contribution in [0.4, 0.5) is 5.69 Å². The van der Waals surface area contributed by atoms with Gasteiger partial charge in [0.1, 0.15) is 0 Å². The highest BCUT2D eigenvalue weighted by atomic mass is 35.5. The fraction of sp³-hybridized carbons (Fsp3) is 0.0667. The van der Waals surface area contributed by atoms with Crippen molar-refractivity contribution in [3.05, 3.63) is 64.2 Å². The Morgan fingerprint density at radius 1 is 1.06 bits per heavy atom. The Bertz CT molecular complexity index is 626. The predicted octanol–water partition coefficient (Wildman–Crippen LogP) is 2.81. The molecule has 0 unspecified atom stereocenters. The Hall–Kier alpha value is -1.95. The molecule has 0 fully saturated rings. The first-order chi connectivity index (χ1) is 8.70. The van der Waals surface area contributed by atoms with Gasteiger partial charge in [-0.3, -0.25) is 0 Å². The van der Waals surface area contributed by atoms with E-state index in [2.05, 4.69) is 11.8 Å². The van der Waals surface area contributed by atoms with E-state index in [0.717, 1.165) is 11.1 Å². The number of aliphatic hydroxyl groups is 1. The second-order valence-corrected chi connectivity index (χ2v) is 4.23. The van der Waals surface area contributed by atoms with Crippen LogP contribution in [0.5, 0.6) is 0 Å². The van der Waals surface area contributed by atoms with E-state index in [9.17, 15) is 5.11 Å². The number of hydrogen-bond donors (Lipinski definition) is 2. The number of hydrogen-bond acceptors (Lipinski definition) is 2. The number of nitrogens with two attached hydrogens (primary N) is 1. The monoisotopic (exact) mass is 257 g/mol. The topological polar surface area (TPSA) is 46.2 Å². The van der Waals surface area contributed by atoms with Crippen LogP contribution in [0.3, 0.4) is 0 Å². The Morgan fingerprint density at radius 3 is 2.50 bits per heavy atom. The molecular formula is C15H12ClNO. The standard InChI is InChI=1S/C15H12ClNO/c16-14-8-7-11(13(9-14)10-18)5-6-12-3-1-2-4-15(12)17/h1-4,7-9,18H,10,17H2. The number of aliphatic hydroxyl groups excluding tert-OH is 1. The molecule has 0 aromatic heterocycles. The minimum atomic E-state index is -0.0884. The Labute approximate surface area is 111 Å². The number of rotatable bonds is 1. The van der Waals surface area contributed by atoms with E-state index in [1.165, 1.54) is 0 Å². The summed E-state index contributed by atoms with van der Waals surface area (Å²) in [6, 6.07) is 12.7. The summed E-state index contributed by atoms with van der Waals surface area (Å²) in [5, 5.41) is 9.83. The average Bonchev–Trinajstić information content (AvgIpc) is 2.39. The summed E-state index contributed by atoms with van der Waals surface area (Å²) in [6.07, 6.45) is 0. The van der Waals surface area contributed by atoms with Crippen LogP contribution in [0.25, 0.3) is 0 Å². The maximum Gasteiger partial charge on any atom is 0.0694 e. The molecule has 0 heterocycles. The van der Waals surface area contributed by atoms with Crippen LogP contribution in [0.2, 0.25) is 5.02 Å². The lowest BCUT2D eigenvalue weighted by molar-refractivity contribution is 0.281. The van der Waals surface area contributed by atoms with Gasteiger partial charge in [0.25, 0.3) is 0 Å². The highest BCUT2D eigenvalue weighted by Crippen LogP contribution is 2.16. The summed E-state index contributed by atoms with van der Waals surface area (Å²) < 4.78 is 0. The van der Waals surface area contributed by atoms with Gasteiger partial charge in [0.05, 0.1) is 6.61 Å². The quantitative estimate of drug-likeness (QED) is 0.610. The van der Waals surface area contributed by atoms with Gasteiger partial charge in [-0.05, 0) is 35.9 Å². The molecule has 0 amide bonds. The molecule has 0 radical (unpaired) electrons.